The standard InChI is InChI=1S/C16H27N3O/c1-6-16(4)12-19(15(2,3)11-18-16)10-13-8-7-9-17-14(13)20-5/h7-9,18H,6,10-12H2,1-5H3. The number of pyridine rings is 1. The molecule has 20 heavy (non-hydrogen) atoms. The molecule has 1 atom stereocenters. The van der Waals surface area contributed by atoms with Crippen LogP contribution in [0, 0.1) is 0 Å². The zero-order chi connectivity index (χ0) is 14.8. The molecule has 4 heteroatoms. The second kappa shape index (κ2) is 5.70. The molecule has 1 aromatic heterocycles. The fourth-order valence-corrected chi connectivity index (χ4v) is 2.67. The number of rotatable bonds is 4. The molecule has 0 radical (unpaired) electrons. The highest BCUT2D eigenvalue weighted by Gasteiger charge is 2.39. The van der Waals surface area contributed by atoms with Crippen LogP contribution in [0.5, 0.6) is 5.88 Å². The van der Waals surface area contributed by atoms with E-state index in [1.807, 2.05) is 6.07 Å². The lowest BCUT2D eigenvalue weighted by atomic mass is 9.88. The minimum absolute atomic E-state index is 0.134. The van der Waals surface area contributed by atoms with E-state index in [1.165, 1.54) is 0 Å². The molecule has 1 aliphatic rings. The molecule has 0 saturated carbocycles. The molecular weight excluding hydrogens is 250 g/mol. The molecule has 1 fully saturated rings. The number of piperazine rings is 1. The van der Waals surface area contributed by atoms with Crippen molar-refractivity contribution in [1.82, 2.24) is 15.2 Å². The van der Waals surface area contributed by atoms with Crippen molar-refractivity contribution in [2.75, 3.05) is 20.2 Å². The minimum Gasteiger partial charge on any atom is -0.481 e. The van der Waals surface area contributed by atoms with Gasteiger partial charge >= 0.3 is 0 Å². The van der Waals surface area contributed by atoms with E-state index in [0.29, 0.717) is 0 Å². The summed E-state index contributed by atoms with van der Waals surface area (Å²) >= 11 is 0. The third kappa shape index (κ3) is 3.13. The van der Waals surface area contributed by atoms with E-state index in [4.69, 9.17) is 4.74 Å². The molecule has 0 spiro atoms. The average Bonchev–Trinajstić information content (AvgIpc) is 2.44. The van der Waals surface area contributed by atoms with Crippen LogP contribution >= 0.6 is 0 Å². The molecule has 0 bridgehead atoms. The summed E-state index contributed by atoms with van der Waals surface area (Å²) in [5.74, 6) is 0.736. The fourth-order valence-electron chi connectivity index (χ4n) is 2.67. The Balaban J connectivity index is 2.20. The van der Waals surface area contributed by atoms with Crippen LogP contribution < -0.4 is 10.1 Å². The summed E-state index contributed by atoms with van der Waals surface area (Å²) in [7, 11) is 1.69. The van der Waals surface area contributed by atoms with Gasteiger partial charge in [0.05, 0.1) is 7.11 Å². The third-order valence-corrected chi connectivity index (χ3v) is 4.53. The minimum atomic E-state index is 0.134. The number of hydrogen-bond acceptors (Lipinski definition) is 4. The summed E-state index contributed by atoms with van der Waals surface area (Å²) in [5, 5.41) is 3.69. The van der Waals surface area contributed by atoms with Crippen molar-refractivity contribution >= 4 is 0 Å². The van der Waals surface area contributed by atoms with E-state index >= 15 is 0 Å². The Kier molecular flexibility index (Phi) is 4.35. The first-order valence-electron chi connectivity index (χ1n) is 7.38. The Morgan fingerprint density at radius 3 is 2.80 bits per heavy atom. The molecule has 2 rings (SSSR count). The predicted molar refractivity (Wildman–Crippen MR) is 82.0 cm³/mol. The van der Waals surface area contributed by atoms with Crippen LogP contribution in [0.15, 0.2) is 18.3 Å². The summed E-state index contributed by atoms with van der Waals surface area (Å²) in [4.78, 5) is 6.84. The quantitative estimate of drug-likeness (QED) is 0.917. The molecule has 4 nitrogen and oxygen atoms in total. The van der Waals surface area contributed by atoms with Crippen molar-refractivity contribution in [2.45, 2.75) is 51.7 Å². The molecule has 1 saturated heterocycles. The van der Waals surface area contributed by atoms with Gasteiger partial charge in [0.1, 0.15) is 0 Å². The maximum atomic E-state index is 5.38. The average molecular weight is 277 g/mol. The van der Waals surface area contributed by atoms with Gasteiger partial charge in [-0.05, 0) is 33.3 Å². The van der Waals surface area contributed by atoms with Crippen LogP contribution in [0.4, 0.5) is 0 Å². The van der Waals surface area contributed by atoms with Gasteiger partial charge < -0.3 is 10.1 Å². The van der Waals surface area contributed by atoms with Gasteiger partial charge in [0, 0.05) is 42.5 Å². The number of ether oxygens (including phenoxy) is 1. The van der Waals surface area contributed by atoms with Gasteiger partial charge in [-0.2, -0.15) is 0 Å². The van der Waals surface area contributed by atoms with Crippen LogP contribution in [0.1, 0.15) is 39.7 Å². The van der Waals surface area contributed by atoms with Gasteiger partial charge in [-0.25, -0.2) is 4.98 Å². The van der Waals surface area contributed by atoms with Gasteiger partial charge in [0.25, 0.3) is 0 Å². The molecule has 0 aliphatic carbocycles. The van der Waals surface area contributed by atoms with Crippen LogP contribution in [-0.2, 0) is 6.54 Å². The second-order valence-corrected chi connectivity index (χ2v) is 6.61. The lowest BCUT2D eigenvalue weighted by Gasteiger charge is -2.50. The summed E-state index contributed by atoms with van der Waals surface area (Å²) < 4.78 is 5.38. The van der Waals surface area contributed by atoms with E-state index in [0.717, 1.165) is 37.5 Å². The third-order valence-electron chi connectivity index (χ3n) is 4.53. The van der Waals surface area contributed by atoms with Crippen LogP contribution in [0.25, 0.3) is 0 Å². The molecule has 0 aromatic carbocycles. The van der Waals surface area contributed by atoms with E-state index < -0.39 is 0 Å². The van der Waals surface area contributed by atoms with Gasteiger partial charge in [-0.1, -0.05) is 13.0 Å². The van der Waals surface area contributed by atoms with Crippen molar-refractivity contribution in [3.63, 3.8) is 0 Å². The smallest absolute Gasteiger partial charge is 0.217 e. The van der Waals surface area contributed by atoms with Crippen LogP contribution in [0.2, 0.25) is 0 Å². The molecule has 1 aromatic rings. The van der Waals surface area contributed by atoms with E-state index in [2.05, 4.69) is 49.0 Å². The van der Waals surface area contributed by atoms with Crippen LogP contribution in [0.3, 0.4) is 0 Å². The highest BCUT2D eigenvalue weighted by Crippen LogP contribution is 2.28. The normalized spacial score (nSPS) is 26.4. The first-order valence-corrected chi connectivity index (χ1v) is 7.38. The van der Waals surface area contributed by atoms with Crippen molar-refractivity contribution in [3.8, 4) is 5.88 Å². The monoisotopic (exact) mass is 277 g/mol. The molecule has 1 aliphatic heterocycles. The molecular formula is C16H27N3O. The first kappa shape index (κ1) is 15.3. The zero-order valence-corrected chi connectivity index (χ0v) is 13.4. The molecule has 0 amide bonds. The number of methoxy groups -OCH3 is 1. The highest BCUT2D eigenvalue weighted by molar-refractivity contribution is 5.25. The van der Waals surface area contributed by atoms with Gasteiger partial charge in [-0.3, -0.25) is 4.90 Å². The first-order chi connectivity index (χ1) is 9.40. The Bertz CT molecular complexity index is 461. The predicted octanol–water partition coefficient (Wildman–Crippen LogP) is 2.44. The summed E-state index contributed by atoms with van der Waals surface area (Å²) in [5.41, 5.74) is 1.48. The van der Waals surface area contributed by atoms with E-state index in [-0.39, 0.29) is 11.1 Å². The topological polar surface area (TPSA) is 37.4 Å². The lowest BCUT2D eigenvalue weighted by molar-refractivity contribution is 0.0240. The molecule has 1 unspecified atom stereocenters. The summed E-state index contributed by atoms with van der Waals surface area (Å²) in [6, 6.07) is 4.08. The van der Waals surface area contributed by atoms with Gasteiger partial charge in [0.2, 0.25) is 5.88 Å². The van der Waals surface area contributed by atoms with Crippen LogP contribution in [-0.4, -0.2) is 41.2 Å². The largest absolute Gasteiger partial charge is 0.481 e. The lowest BCUT2D eigenvalue weighted by Crippen LogP contribution is -2.66. The fraction of sp³-hybridized carbons (Fsp3) is 0.688. The highest BCUT2D eigenvalue weighted by atomic mass is 16.5. The Labute approximate surface area is 122 Å². The Hall–Kier alpha value is -1.13. The zero-order valence-electron chi connectivity index (χ0n) is 13.4. The SMILES string of the molecule is CCC1(C)CN(Cc2cccnc2OC)C(C)(C)CN1. The van der Waals surface area contributed by atoms with Gasteiger partial charge in [0.15, 0.2) is 0 Å². The van der Waals surface area contributed by atoms with E-state index in [9.17, 15) is 0 Å². The summed E-state index contributed by atoms with van der Waals surface area (Å²) in [6.07, 6.45) is 2.91. The van der Waals surface area contributed by atoms with Crippen molar-refractivity contribution < 1.29 is 4.74 Å². The number of nitrogens with one attached hydrogen (secondary N) is 1. The second-order valence-electron chi connectivity index (χ2n) is 6.61. The van der Waals surface area contributed by atoms with E-state index in [1.54, 1.807) is 13.3 Å². The number of hydrogen-bond donors (Lipinski definition) is 1. The Morgan fingerprint density at radius 2 is 2.15 bits per heavy atom. The Morgan fingerprint density at radius 1 is 1.40 bits per heavy atom. The molecule has 1 N–H and O–H groups in total. The van der Waals surface area contributed by atoms with Crippen molar-refractivity contribution in [3.05, 3.63) is 23.9 Å². The number of aromatic nitrogens is 1. The molecule has 2 heterocycles. The van der Waals surface area contributed by atoms with Crippen molar-refractivity contribution in [1.29, 1.82) is 0 Å². The van der Waals surface area contributed by atoms with Gasteiger partial charge in [-0.15, -0.1) is 0 Å². The number of nitrogens with zero attached hydrogens (tertiary/aromatic N) is 2. The molecule has 112 valence electrons. The summed E-state index contributed by atoms with van der Waals surface area (Å²) in [6.45, 7) is 12.0. The van der Waals surface area contributed by atoms with Crippen molar-refractivity contribution in [2.24, 2.45) is 0 Å². The maximum absolute atomic E-state index is 5.38. The maximum Gasteiger partial charge on any atom is 0.217 e.